The van der Waals surface area contributed by atoms with Gasteiger partial charge in [-0.3, -0.25) is 9.69 Å². The monoisotopic (exact) mass is 441 g/mol. The molecule has 1 aliphatic rings. The van der Waals surface area contributed by atoms with Crippen molar-refractivity contribution in [3.05, 3.63) is 53.4 Å². The van der Waals surface area contributed by atoms with Gasteiger partial charge in [0.15, 0.2) is 6.61 Å². The normalized spacial score (nSPS) is 12.8. The molecule has 0 saturated heterocycles. The lowest BCUT2D eigenvalue weighted by molar-refractivity contribution is -0.121. The summed E-state index contributed by atoms with van der Waals surface area (Å²) in [7, 11) is 0. The molecule has 2 heterocycles. The lowest BCUT2D eigenvalue weighted by atomic mass is 10.2. The Morgan fingerprint density at radius 3 is 2.81 bits per heavy atom. The van der Waals surface area contributed by atoms with Gasteiger partial charge >= 0.3 is 6.03 Å². The van der Waals surface area contributed by atoms with Crippen LogP contribution >= 0.6 is 11.6 Å². The Labute approximate surface area is 183 Å². The van der Waals surface area contributed by atoms with E-state index in [1.54, 1.807) is 42.5 Å². The SMILES string of the molecule is CCCNC(=O)Nc1ccc(-c2noc(CN3C(=O)COc4ccc(Cl)cc43)n2)cc1. The number of hydrogen-bond donors (Lipinski definition) is 2. The predicted octanol–water partition coefficient (Wildman–Crippen LogP) is 3.85. The van der Waals surface area contributed by atoms with Crippen LogP contribution in [0, 0.1) is 0 Å². The third kappa shape index (κ3) is 4.77. The highest BCUT2D eigenvalue weighted by molar-refractivity contribution is 6.31. The number of carbonyl (C=O) groups is 2. The van der Waals surface area contributed by atoms with Gasteiger partial charge in [0.05, 0.1) is 5.69 Å². The predicted molar refractivity (Wildman–Crippen MR) is 115 cm³/mol. The maximum Gasteiger partial charge on any atom is 0.319 e. The molecule has 0 aliphatic carbocycles. The maximum absolute atomic E-state index is 12.4. The van der Waals surface area contributed by atoms with Crippen LogP contribution in [-0.4, -0.2) is 35.2 Å². The van der Waals surface area contributed by atoms with Crippen LogP contribution in [0.2, 0.25) is 5.02 Å². The second-order valence-corrected chi connectivity index (χ2v) is 7.29. The molecule has 0 saturated carbocycles. The lowest BCUT2D eigenvalue weighted by Gasteiger charge is -2.28. The second-order valence-electron chi connectivity index (χ2n) is 6.85. The van der Waals surface area contributed by atoms with Gasteiger partial charge < -0.3 is 19.9 Å². The molecule has 31 heavy (non-hydrogen) atoms. The molecule has 2 N–H and O–H groups in total. The van der Waals surface area contributed by atoms with Gasteiger partial charge in [-0.15, -0.1) is 0 Å². The molecule has 1 aromatic heterocycles. The third-order valence-electron chi connectivity index (χ3n) is 4.56. The molecule has 9 nitrogen and oxygen atoms in total. The van der Waals surface area contributed by atoms with E-state index in [1.165, 1.54) is 4.90 Å². The lowest BCUT2D eigenvalue weighted by Crippen LogP contribution is -2.38. The van der Waals surface area contributed by atoms with Crippen LogP contribution in [0.3, 0.4) is 0 Å². The van der Waals surface area contributed by atoms with E-state index in [2.05, 4.69) is 20.8 Å². The number of nitrogens with zero attached hydrogens (tertiary/aromatic N) is 3. The van der Waals surface area contributed by atoms with E-state index in [0.29, 0.717) is 40.1 Å². The summed E-state index contributed by atoms with van der Waals surface area (Å²) in [6, 6.07) is 11.9. The summed E-state index contributed by atoms with van der Waals surface area (Å²) in [6.45, 7) is 2.62. The summed E-state index contributed by atoms with van der Waals surface area (Å²) in [4.78, 5) is 30.0. The first-order valence-corrected chi connectivity index (χ1v) is 10.1. The minimum absolute atomic E-state index is 0.0735. The Kier molecular flexibility index (Phi) is 6.03. The molecule has 3 aromatic rings. The summed E-state index contributed by atoms with van der Waals surface area (Å²) in [6.07, 6.45) is 0.862. The number of benzene rings is 2. The average Bonchev–Trinajstić information content (AvgIpc) is 3.23. The first kappa shape index (κ1) is 20.7. The minimum Gasteiger partial charge on any atom is -0.482 e. The Balaban J connectivity index is 1.46. The molecular formula is C21H20ClN5O4. The Hall–Kier alpha value is -3.59. The summed E-state index contributed by atoms with van der Waals surface area (Å²) in [5.74, 6) is 0.988. The van der Waals surface area contributed by atoms with Crippen molar-refractivity contribution in [2.24, 2.45) is 0 Å². The number of fused-ring (bicyclic) bond motifs is 1. The third-order valence-corrected chi connectivity index (χ3v) is 4.80. The van der Waals surface area contributed by atoms with Crippen LogP contribution in [0.15, 0.2) is 47.0 Å². The van der Waals surface area contributed by atoms with E-state index in [0.717, 1.165) is 6.42 Å². The van der Waals surface area contributed by atoms with Crippen molar-refractivity contribution >= 4 is 34.9 Å². The summed E-state index contributed by atoms with van der Waals surface area (Å²) in [5, 5.41) is 9.99. The van der Waals surface area contributed by atoms with Crippen LogP contribution in [0.1, 0.15) is 19.2 Å². The molecule has 0 unspecified atom stereocenters. The number of anilines is 2. The van der Waals surface area contributed by atoms with Crippen molar-refractivity contribution < 1.29 is 18.8 Å². The molecule has 0 atom stereocenters. The number of halogens is 1. The largest absolute Gasteiger partial charge is 0.482 e. The van der Waals surface area contributed by atoms with Crippen LogP contribution in [0.5, 0.6) is 5.75 Å². The van der Waals surface area contributed by atoms with E-state index in [-0.39, 0.29) is 31.0 Å². The molecule has 160 valence electrons. The topological polar surface area (TPSA) is 110 Å². The van der Waals surface area contributed by atoms with E-state index >= 15 is 0 Å². The van der Waals surface area contributed by atoms with E-state index in [4.69, 9.17) is 20.9 Å². The zero-order chi connectivity index (χ0) is 21.8. The molecule has 2 aromatic carbocycles. The summed E-state index contributed by atoms with van der Waals surface area (Å²) < 4.78 is 10.8. The molecule has 0 spiro atoms. The maximum atomic E-state index is 12.4. The van der Waals surface area contributed by atoms with E-state index < -0.39 is 0 Å². The molecule has 0 bridgehead atoms. The number of rotatable bonds is 6. The van der Waals surface area contributed by atoms with Crippen LogP contribution in [0.4, 0.5) is 16.2 Å². The highest BCUT2D eigenvalue weighted by Gasteiger charge is 2.27. The van der Waals surface area contributed by atoms with Gasteiger partial charge in [0.2, 0.25) is 11.7 Å². The highest BCUT2D eigenvalue weighted by Crippen LogP contribution is 2.35. The Morgan fingerprint density at radius 2 is 2.03 bits per heavy atom. The van der Waals surface area contributed by atoms with Crippen LogP contribution in [0.25, 0.3) is 11.4 Å². The smallest absolute Gasteiger partial charge is 0.319 e. The van der Waals surface area contributed by atoms with Crippen LogP contribution in [-0.2, 0) is 11.3 Å². The number of nitrogens with one attached hydrogen (secondary N) is 2. The standard InChI is InChI=1S/C21H20ClN5O4/c1-2-9-23-21(29)24-15-6-3-13(4-7-15)20-25-18(31-26-20)11-27-16-10-14(22)5-8-17(16)30-12-19(27)28/h3-8,10H,2,9,11-12H2,1H3,(H2,23,24,29). The highest BCUT2D eigenvalue weighted by atomic mass is 35.5. The van der Waals surface area contributed by atoms with E-state index in [1.807, 2.05) is 6.92 Å². The Bertz CT molecular complexity index is 1100. The number of ether oxygens (including phenoxy) is 1. The molecule has 4 rings (SSSR count). The fourth-order valence-electron chi connectivity index (χ4n) is 3.04. The Morgan fingerprint density at radius 1 is 1.23 bits per heavy atom. The second kappa shape index (κ2) is 9.05. The first-order valence-electron chi connectivity index (χ1n) is 9.74. The number of carbonyl (C=O) groups excluding carboxylic acids is 2. The fourth-order valence-corrected chi connectivity index (χ4v) is 3.20. The molecular weight excluding hydrogens is 422 g/mol. The number of aromatic nitrogens is 2. The van der Waals surface area contributed by atoms with Crippen molar-refractivity contribution in [3.63, 3.8) is 0 Å². The van der Waals surface area contributed by atoms with E-state index in [9.17, 15) is 9.59 Å². The van der Waals surface area contributed by atoms with Gasteiger partial charge in [-0.1, -0.05) is 23.7 Å². The zero-order valence-electron chi connectivity index (χ0n) is 16.7. The van der Waals surface area contributed by atoms with Gasteiger partial charge in [0.25, 0.3) is 5.91 Å². The van der Waals surface area contributed by atoms with Crippen molar-refractivity contribution in [1.82, 2.24) is 15.5 Å². The molecule has 1 aliphatic heterocycles. The quantitative estimate of drug-likeness (QED) is 0.601. The van der Waals surface area contributed by atoms with Crippen molar-refractivity contribution in [3.8, 4) is 17.1 Å². The van der Waals surface area contributed by atoms with Crippen molar-refractivity contribution in [2.75, 3.05) is 23.4 Å². The first-order chi connectivity index (χ1) is 15.0. The summed E-state index contributed by atoms with van der Waals surface area (Å²) >= 11 is 6.07. The molecule has 0 radical (unpaired) electrons. The van der Waals surface area contributed by atoms with Crippen LogP contribution < -0.4 is 20.3 Å². The van der Waals surface area contributed by atoms with Crippen molar-refractivity contribution in [2.45, 2.75) is 19.9 Å². The van der Waals surface area contributed by atoms with Crippen molar-refractivity contribution in [1.29, 1.82) is 0 Å². The summed E-state index contributed by atoms with van der Waals surface area (Å²) in [5.41, 5.74) is 1.92. The number of hydrogen-bond acceptors (Lipinski definition) is 6. The fraction of sp³-hybridized carbons (Fsp3) is 0.238. The molecule has 0 fully saturated rings. The number of urea groups is 1. The van der Waals surface area contributed by atoms with Gasteiger partial charge in [-0.2, -0.15) is 4.98 Å². The van der Waals surface area contributed by atoms with Gasteiger partial charge in [-0.25, -0.2) is 4.79 Å². The average molecular weight is 442 g/mol. The molecule has 3 amide bonds. The number of amides is 3. The van der Waals surface area contributed by atoms with Gasteiger partial charge in [0.1, 0.15) is 12.3 Å². The molecule has 10 heteroatoms. The zero-order valence-corrected chi connectivity index (χ0v) is 17.5. The minimum atomic E-state index is -0.257. The van der Waals surface area contributed by atoms with Gasteiger partial charge in [0, 0.05) is 22.8 Å². The van der Waals surface area contributed by atoms with Gasteiger partial charge in [-0.05, 0) is 48.9 Å².